The van der Waals surface area contributed by atoms with Crippen molar-refractivity contribution < 1.29 is 28.6 Å². The van der Waals surface area contributed by atoms with Gasteiger partial charge < -0.3 is 19.1 Å². The van der Waals surface area contributed by atoms with Gasteiger partial charge in [-0.3, -0.25) is 0 Å². The Bertz CT molecular complexity index is 1240. The molecule has 0 aromatic heterocycles. The third kappa shape index (κ3) is 6.55. The Labute approximate surface area is 203 Å². The molecule has 7 heteroatoms. The van der Waals surface area contributed by atoms with Crippen molar-refractivity contribution >= 4 is 35.0 Å². The summed E-state index contributed by atoms with van der Waals surface area (Å²) in [5.41, 5.74) is 2.13. The summed E-state index contributed by atoms with van der Waals surface area (Å²) in [7, 11) is 0. The van der Waals surface area contributed by atoms with Gasteiger partial charge in [-0.2, -0.15) is 0 Å². The predicted molar refractivity (Wildman–Crippen MR) is 133 cm³/mol. The highest BCUT2D eigenvalue weighted by molar-refractivity contribution is 5.89. The summed E-state index contributed by atoms with van der Waals surface area (Å²) in [4.78, 5) is 37.3. The van der Waals surface area contributed by atoms with E-state index >= 15 is 0 Å². The molecule has 3 rings (SSSR count). The first kappa shape index (κ1) is 24.7. The first-order chi connectivity index (χ1) is 16.8. The molecule has 35 heavy (non-hydrogen) atoms. The van der Waals surface area contributed by atoms with E-state index in [1.807, 2.05) is 11.0 Å². The van der Waals surface area contributed by atoms with Crippen LogP contribution in [-0.4, -0.2) is 17.9 Å². The Morgan fingerprint density at radius 1 is 0.686 bits per heavy atom. The number of benzene rings is 3. The van der Waals surface area contributed by atoms with Crippen LogP contribution >= 0.6 is 0 Å². The summed E-state index contributed by atoms with van der Waals surface area (Å²) in [6.07, 6.45) is 2.14. The molecular weight excluding hydrogens is 446 g/mol. The zero-order chi connectivity index (χ0) is 25.4. The van der Waals surface area contributed by atoms with Gasteiger partial charge in [-0.1, -0.05) is 37.9 Å². The van der Waals surface area contributed by atoms with Crippen LogP contribution in [0.25, 0.3) is 0 Å². The van der Waals surface area contributed by atoms with E-state index in [0.29, 0.717) is 34.3 Å². The quantitative estimate of drug-likeness (QED) is 0.222. The third-order valence-electron chi connectivity index (χ3n) is 4.56. The van der Waals surface area contributed by atoms with Gasteiger partial charge in [0.2, 0.25) is 0 Å². The number of ether oxygens (including phenoxy) is 3. The molecule has 0 heterocycles. The number of nitrogens with zero attached hydrogens (tertiary/aromatic N) is 1. The molecule has 0 spiro atoms. The van der Waals surface area contributed by atoms with E-state index in [2.05, 4.69) is 19.7 Å². The van der Waals surface area contributed by atoms with E-state index in [0.717, 1.165) is 12.2 Å². The Balaban J connectivity index is 2.11. The van der Waals surface area contributed by atoms with Crippen molar-refractivity contribution in [1.29, 1.82) is 0 Å². The van der Waals surface area contributed by atoms with Crippen LogP contribution < -0.4 is 19.1 Å². The molecule has 0 aliphatic carbocycles. The first-order valence-corrected chi connectivity index (χ1v) is 10.5. The number of carbonyl (C=O) groups excluding carboxylic acids is 3. The van der Waals surface area contributed by atoms with Crippen LogP contribution in [0.15, 0.2) is 110 Å². The monoisotopic (exact) mass is 469 g/mol. The topological polar surface area (TPSA) is 82.1 Å². The fraction of sp³-hybridized carbons (Fsp3) is 0.0357. The van der Waals surface area contributed by atoms with E-state index in [1.54, 1.807) is 73.7 Å². The van der Waals surface area contributed by atoms with Crippen molar-refractivity contribution in [3.63, 3.8) is 0 Å². The van der Waals surface area contributed by atoms with Gasteiger partial charge >= 0.3 is 17.9 Å². The lowest BCUT2D eigenvalue weighted by atomic mass is 10.1. The fourth-order valence-electron chi connectivity index (χ4n) is 3.02. The standard InChI is InChI=1S/C28H23NO6/c1-5-26(30)33-23-13-7-10-20(16-23)29(21-11-8-14-24(17-21)34-27(31)6-2)22-12-9-15-25(18-22)35-28(32)19(3)4/h5-18H,1-3H2,4H3. The lowest BCUT2D eigenvalue weighted by Crippen LogP contribution is -2.12. The smallest absolute Gasteiger partial charge is 0.338 e. The summed E-state index contributed by atoms with van der Waals surface area (Å²) in [5, 5.41) is 0. The van der Waals surface area contributed by atoms with Gasteiger partial charge in [0.15, 0.2) is 0 Å². The number of rotatable bonds is 9. The van der Waals surface area contributed by atoms with Crippen LogP contribution in [0.1, 0.15) is 6.92 Å². The Hall–Kier alpha value is -4.91. The Morgan fingerprint density at radius 2 is 1.06 bits per heavy atom. The van der Waals surface area contributed by atoms with Gasteiger partial charge in [0.1, 0.15) is 17.2 Å². The molecule has 0 radical (unpaired) electrons. The summed E-state index contributed by atoms with van der Waals surface area (Å²) >= 11 is 0. The van der Waals surface area contributed by atoms with Gasteiger partial charge in [0.05, 0.1) is 0 Å². The van der Waals surface area contributed by atoms with Crippen molar-refractivity contribution in [2.45, 2.75) is 6.92 Å². The maximum Gasteiger partial charge on any atom is 0.338 e. The fourth-order valence-corrected chi connectivity index (χ4v) is 3.02. The van der Waals surface area contributed by atoms with E-state index in [4.69, 9.17) is 14.2 Å². The molecule has 0 bridgehead atoms. The minimum atomic E-state index is -0.597. The van der Waals surface area contributed by atoms with Crippen LogP contribution in [0.5, 0.6) is 17.2 Å². The largest absolute Gasteiger partial charge is 0.423 e. The van der Waals surface area contributed by atoms with Gasteiger partial charge in [-0.15, -0.1) is 0 Å². The van der Waals surface area contributed by atoms with Gasteiger partial charge in [0, 0.05) is 53.0 Å². The Morgan fingerprint density at radius 3 is 1.40 bits per heavy atom. The van der Waals surface area contributed by atoms with Crippen molar-refractivity contribution in [2.24, 2.45) is 0 Å². The number of anilines is 3. The molecule has 7 nitrogen and oxygen atoms in total. The molecule has 0 fully saturated rings. The number of carbonyl (C=O) groups is 3. The van der Waals surface area contributed by atoms with Gasteiger partial charge in [0.25, 0.3) is 0 Å². The second-order valence-corrected chi connectivity index (χ2v) is 7.25. The zero-order valence-electron chi connectivity index (χ0n) is 19.1. The van der Waals surface area contributed by atoms with Crippen LogP contribution in [0, 0.1) is 0 Å². The molecule has 0 aliphatic heterocycles. The molecule has 0 atom stereocenters. The molecule has 0 aliphatic rings. The second-order valence-electron chi connectivity index (χ2n) is 7.25. The molecule has 0 N–H and O–H groups in total. The molecular formula is C28H23NO6. The predicted octanol–water partition coefficient (Wildman–Crippen LogP) is 5.82. The van der Waals surface area contributed by atoms with Crippen LogP contribution in [0.4, 0.5) is 17.1 Å². The van der Waals surface area contributed by atoms with Crippen molar-refractivity contribution in [3.8, 4) is 17.2 Å². The maximum absolute atomic E-state index is 12.0. The van der Waals surface area contributed by atoms with E-state index in [-0.39, 0.29) is 5.57 Å². The third-order valence-corrected chi connectivity index (χ3v) is 4.56. The average molecular weight is 469 g/mol. The highest BCUT2D eigenvalue weighted by Crippen LogP contribution is 2.38. The normalized spacial score (nSPS) is 9.97. The number of hydrogen-bond donors (Lipinski definition) is 0. The first-order valence-electron chi connectivity index (χ1n) is 10.5. The van der Waals surface area contributed by atoms with Crippen LogP contribution in [0.2, 0.25) is 0 Å². The maximum atomic E-state index is 12.0. The van der Waals surface area contributed by atoms with E-state index in [1.165, 1.54) is 0 Å². The summed E-state index contributed by atoms with van der Waals surface area (Å²) in [6, 6.07) is 20.5. The van der Waals surface area contributed by atoms with Crippen LogP contribution in [0.3, 0.4) is 0 Å². The Kier molecular flexibility index (Phi) is 7.98. The average Bonchev–Trinajstić information content (AvgIpc) is 2.84. The van der Waals surface area contributed by atoms with E-state index in [9.17, 15) is 14.4 Å². The SMILES string of the molecule is C=CC(=O)Oc1cccc(N(c2cccc(OC(=O)C=C)c2)c2cccc(OC(=O)C(=C)C)c2)c1. The lowest BCUT2D eigenvalue weighted by Gasteiger charge is -2.26. The van der Waals surface area contributed by atoms with Gasteiger partial charge in [-0.05, 0) is 43.3 Å². The zero-order valence-corrected chi connectivity index (χ0v) is 19.1. The lowest BCUT2D eigenvalue weighted by molar-refractivity contribution is -0.130. The summed E-state index contributed by atoms with van der Waals surface area (Å²) in [5.74, 6) is -0.830. The molecule has 0 saturated heterocycles. The highest BCUT2D eigenvalue weighted by Gasteiger charge is 2.17. The summed E-state index contributed by atoms with van der Waals surface area (Å²) < 4.78 is 15.9. The van der Waals surface area contributed by atoms with E-state index < -0.39 is 17.9 Å². The minimum absolute atomic E-state index is 0.265. The van der Waals surface area contributed by atoms with Gasteiger partial charge in [-0.25, -0.2) is 14.4 Å². The van der Waals surface area contributed by atoms with Crippen LogP contribution in [-0.2, 0) is 14.4 Å². The number of hydrogen-bond acceptors (Lipinski definition) is 7. The molecule has 3 aromatic carbocycles. The molecule has 3 aromatic rings. The molecule has 176 valence electrons. The summed E-state index contributed by atoms with van der Waals surface area (Å²) in [6.45, 7) is 12.0. The molecule has 0 amide bonds. The second kappa shape index (κ2) is 11.3. The van der Waals surface area contributed by atoms with Crippen molar-refractivity contribution in [3.05, 3.63) is 110 Å². The molecule has 0 unspecified atom stereocenters. The molecule has 0 saturated carbocycles. The van der Waals surface area contributed by atoms with Crippen molar-refractivity contribution in [1.82, 2.24) is 0 Å². The minimum Gasteiger partial charge on any atom is -0.423 e. The number of esters is 3. The highest BCUT2D eigenvalue weighted by atomic mass is 16.5. The van der Waals surface area contributed by atoms with Crippen molar-refractivity contribution in [2.75, 3.05) is 4.90 Å².